The van der Waals surface area contributed by atoms with E-state index >= 15 is 0 Å². The average Bonchev–Trinajstić information content (AvgIpc) is 2.83. The van der Waals surface area contributed by atoms with Gasteiger partial charge in [-0.1, -0.05) is 20.8 Å². The number of hydrogen-bond donors (Lipinski definition) is 1. The first-order valence-corrected chi connectivity index (χ1v) is 5.35. The highest BCUT2D eigenvalue weighted by molar-refractivity contribution is 5.74. The van der Waals surface area contributed by atoms with Gasteiger partial charge in [-0.15, -0.1) is 0 Å². The number of nitrogens with zero attached hydrogens (tertiary/aromatic N) is 1. The summed E-state index contributed by atoms with van der Waals surface area (Å²) in [6, 6.07) is 0.758. The maximum atomic E-state index is 11.7. The molecule has 1 unspecified atom stereocenters. The predicted molar refractivity (Wildman–Crippen MR) is 58.2 cm³/mol. The molecular weight excluding hydrogens is 176 g/mol. The Morgan fingerprint density at radius 1 is 1.43 bits per heavy atom. The van der Waals surface area contributed by atoms with Gasteiger partial charge in [0.15, 0.2) is 0 Å². The molecular formula is C11H22N2O. The van der Waals surface area contributed by atoms with E-state index < -0.39 is 0 Å². The third kappa shape index (κ3) is 2.89. The highest BCUT2D eigenvalue weighted by atomic mass is 16.2. The van der Waals surface area contributed by atoms with Crippen molar-refractivity contribution in [3.8, 4) is 0 Å². The lowest BCUT2D eigenvalue weighted by atomic mass is 9.87. The van der Waals surface area contributed by atoms with Crippen LogP contribution in [-0.4, -0.2) is 30.1 Å². The molecule has 1 fully saturated rings. The van der Waals surface area contributed by atoms with Crippen LogP contribution in [0.3, 0.4) is 0 Å². The zero-order valence-electron chi connectivity index (χ0n) is 9.92. The lowest BCUT2D eigenvalue weighted by Gasteiger charge is -2.35. The first-order chi connectivity index (χ1) is 6.32. The van der Waals surface area contributed by atoms with E-state index in [4.69, 9.17) is 0 Å². The van der Waals surface area contributed by atoms with Gasteiger partial charge in [0.25, 0.3) is 0 Å². The van der Waals surface area contributed by atoms with Crippen molar-refractivity contribution in [2.24, 2.45) is 5.41 Å². The minimum atomic E-state index is 0.0647. The molecule has 1 aliphatic carbocycles. The number of rotatable bonds is 2. The largest absolute Gasteiger partial charge is 0.335 e. The molecule has 1 N–H and O–H groups in total. The van der Waals surface area contributed by atoms with Gasteiger partial charge in [-0.25, -0.2) is 4.79 Å². The van der Waals surface area contributed by atoms with Crippen LogP contribution >= 0.6 is 0 Å². The third-order valence-corrected chi connectivity index (χ3v) is 3.06. The fraction of sp³-hybridized carbons (Fsp3) is 0.909. The van der Waals surface area contributed by atoms with Crippen molar-refractivity contribution < 1.29 is 4.79 Å². The Balaban J connectivity index is 2.45. The first-order valence-electron chi connectivity index (χ1n) is 5.35. The Labute approximate surface area is 86.9 Å². The van der Waals surface area contributed by atoms with Crippen LogP contribution in [0.1, 0.15) is 40.5 Å². The van der Waals surface area contributed by atoms with Crippen molar-refractivity contribution in [3.05, 3.63) is 0 Å². The second-order valence-electron chi connectivity index (χ2n) is 5.38. The number of hydrogen-bond acceptors (Lipinski definition) is 1. The van der Waals surface area contributed by atoms with Crippen molar-refractivity contribution in [3.63, 3.8) is 0 Å². The normalized spacial score (nSPS) is 18.9. The summed E-state index contributed by atoms with van der Waals surface area (Å²) in [4.78, 5) is 13.5. The SMILES string of the molecule is CC(N(C)C(=O)NC1CC1)C(C)(C)C. The first kappa shape index (κ1) is 11.3. The molecule has 1 aliphatic rings. The Kier molecular flexibility index (Phi) is 3.07. The van der Waals surface area contributed by atoms with E-state index in [0.29, 0.717) is 6.04 Å². The molecule has 1 saturated carbocycles. The molecule has 1 atom stereocenters. The van der Waals surface area contributed by atoms with E-state index in [-0.39, 0.29) is 17.5 Å². The van der Waals surface area contributed by atoms with Crippen LogP contribution in [0.25, 0.3) is 0 Å². The van der Waals surface area contributed by atoms with Crippen LogP contribution in [0.5, 0.6) is 0 Å². The van der Waals surface area contributed by atoms with Gasteiger partial charge in [0.05, 0.1) is 0 Å². The van der Waals surface area contributed by atoms with Crippen LogP contribution in [0.4, 0.5) is 4.79 Å². The molecule has 3 heteroatoms. The van der Waals surface area contributed by atoms with Crippen molar-refractivity contribution in [2.75, 3.05) is 7.05 Å². The van der Waals surface area contributed by atoms with Crippen molar-refractivity contribution in [1.82, 2.24) is 10.2 Å². The summed E-state index contributed by atoms with van der Waals surface area (Å²) in [5, 5.41) is 2.99. The molecule has 0 heterocycles. The summed E-state index contributed by atoms with van der Waals surface area (Å²) in [6.45, 7) is 8.54. The number of urea groups is 1. The second-order valence-corrected chi connectivity index (χ2v) is 5.38. The monoisotopic (exact) mass is 198 g/mol. The van der Waals surface area contributed by atoms with Gasteiger partial charge < -0.3 is 10.2 Å². The van der Waals surface area contributed by atoms with Crippen molar-refractivity contribution >= 4 is 6.03 Å². The third-order valence-electron chi connectivity index (χ3n) is 3.06. The number of nitrogens with one attached hydrogen (secondary N) is 1. The quantitative estimate of drug-likeness (QED) is 0.725. The average molecular weight is 198 g/mol. The van der Waals surface area contributed by atoms with Crippen LogP contribution in [-0.2, 0) is 0 Å². The Morgan fingerprint density at radius 3 is 2.29 bits per heavy atom. The lowest BCUT2D eigenvalue weighted by molar-refractivity contribution is 0.145. The van der Waals surface area contributed by atoms with E-state index in [0.717, 1.165) is 12.8 Å². The summed E-state index contributed by atoms with van der Waals surface area (Å²) in [7, 11) is 1.87. The molecule has 0 saturated heterocycles. The summed E-state index contributed by atoms with van der Waals surface area (Å²) in [5.41, 5.74) is 0.135. The number of amides is 2. The maximum absolute atomic E-state index is 11.7. The summed E-state index contributed by atoms with van der Waals surface area (Å²) in [5.74, 6) is 0. The Morgan fingerprint density at radius 2 is 1.93 bits per heavy atom. The molecule has 14 heavy (non-hydrogen) atoms. The van der Waals surface area contributed by atoms with Gasteiger partial charge >= 0.3 is 6.03 Å². The van der Waals surface area contributed by atoms with Gasteiger partial charge in [-0.2, -0.15) is 0 Å². The molecule has 0 aliphatic heterocycles. The molecule has 0 bridgehead atoms. The molecule has 0 aromatic carbocycles. The van der Waals surface area contributed by atoms with Crippen molar-refractivity contribution in [1.29, 1.82) is 0 Å². The summed E-state index contributed by atoms with van der Waals surface area (Å²) < 4.78 is 0. The van der Waals surface area contributed by atoms with Crippen LogP contribution in [0.2, 0.25) is 0 Å². The lowest BCUT2D eigenvalue weighted by Crippen LogP contribution is -2.48. The van der Waals surface area contributed by atoms with Gasteiger partial charge in [-0.05, 0) is 25.2 Å². The topological polar surface area (TPSA) is 32.3 Å². The fourth-order valence-electron chi connectivity index (χ4n) is 1.26. The van der Waals surface area contributed by atoms with E-state index in [1.165, 1.54) is 0 Å². The molecule has 0 aromatic heterocycles. The Bertz CT molecular complexity index is 216. The smallest absolute Gasteiger partial charge is 0.317 e. The summed E-state index contributed by atoms with van der Waals surface area (Å²) >= 11 is 0. The minimum Gasteiger partial charge on any atom is -0.335 e. The maximum Gasteiger partial charge on any atom is 0.317 e. The van der Waals surface area contributed by atoms with E-state index in [1.807, 2.05) is 7.05 Å². The van der Waals surface area contributed by atoms with Gasteiger partial charge in [0, 0.05) is 19.1 Å². The van der Waals surface area contributed by atoms with E-state index in [9.17, 15) is 4.79 Å². The van der Waals surface area contributed by atoms with Crippen LogP contribution in [0.15, 0.2) is 0 Å². The second kappa shape index (κ2) is 3.79. The molecule has 1 rings (SSSR count). The Hall–Kier alpha value is -0.730. The molecule has 0 aromatic rings. The number of carbonyl (C=O) groups is 1. The molecule has 82 valence electrons. The molecule has 0 radical (unpaired) electrons. The van der Waals surface area contributed by atoms with E-state index in [1.54, 1.807) is 4.90 Å². The van der Waals surface area contributed by atoms with Gasteiger partial charge in [-0.3, -0.25) is 0 Å². The van der Waals surface area contributed by atoms with Crippen LogP contribution < -0.4 is 5.32 Å². The van der Waals surface area contributed by atoms with Gasteiger partial charge in [0.2, 0.25) is 0 Å². The molecule has 0 spiro atoms. The van der Waals surface area contributed by atoms with E-state index in [2.05, 4.69) is 33.0 Å². The van der Waals surface area contributed by atoms with Gasteiger partial charge in [0.1, 0.15) is 0 Å². The zero-order valence-corrected chi connectivity index (χ0v) is 9.92. The summed E-state index contributed by atoms with van der Waals surface area (Å²) in [6.07, 6.45) is 2.28. The fourth-order valence-corrected chi connectivity index (χ4v) is 1.26. The number of carbonyl (C=O) groups excluding carboxylic acids is 1. The standard InChI is InChI=1S/C11H22N2O/c1-8(11(2,3)4)13(5)10(14)12-9-6-7-9/h8-9H,6-7H2,1-5H3,(H,12,14). The highest BCUT2D eigenvalue weighted by Gasteiger charge is 2.30. The van der Waals surface area contributed by atoms with Crippen molar-refractivity contribution in [2.45, 2.75) is 52.6 Å². The van der Waals surface area contributed by atoms with Crippen LogP contribution in [0, 0.1) is 5.41 Å². The minimum absolute atomic E-state index is 0.0647. The molecule has 2 amide bonds. The molecule has 3 nitrogen and oxygen atoms in total. The zero-order chi connectivity index (χ0) is 10.9. The predicted octanol–water partition coefficient (Wildman–Crippen LogP) is 2.22. The highest BCUT2D eigenvalue weighted by Crippen LogP contribution is 2.24.